The molecule has 1 aromatic heterocycles. The molecule has 1 amide bonds. The first-order chi connectivity index (χ1) is 7.95. The molecule has 0 saturated heterocycles. The molecule has 0 aliphatic carbocycles. The Hall–Kier alpha value is -1.36. The zero-order chi connectivity index (χ0) is 13.0. The van der Waals surface area contributed by atoms with Gasteiger partial charge in [-0.25, -0.2) is 0 Å². The lowest BCUT2D eigenvalue weighted by Gasteiger charge is -2.25. The second-order valence-electron chi connectivity index (χ2n) is 4.53. The molecule has 0 aromatic carbocycles. The summed E-state index contributed by atoms with van der Waals surface area (Å²) in [6.07, 6.45) is 3.87. The van der Waals surface area contributed by atoms with Gasteiger partial charge < -0.3 is 4.90 Å². The van der Waals surface area contributed by atoms with E-state index in [9.17, 15) is 4.79 Å². The van der Waals surface area contributed by atoms with Crippen molar-refractivity contribution in [3.05, 3.63) is 18.0 Å². The minimum atomic E-state index is -0.116. The van der Waals surface area contributed by atoms with E-state index < -0.39 is 0 Å². The molecule has 0 bridgehead atoms. The smallest absolute Gasteiger partial charge is 0.239 e. The average Bonchev–Trinajstić information content (AvgIpc) is 2.74. The van der Waals surface area contributed by atoms with Gasteiger partial charge in [0.1, 0.15) is 0 Å². The zero-order valence-electron chi connectivity index (χ0n) is 11.3. The minimum absolute atomic E-state index is 0.116. The molecule has 0 radical (unpaired) electrons. The van der Waals surface area contributed by atoms with Crippen LogP contribution in [0.5, 0.6) is 0 Å². The van der Waals surface area contributed by atoms with E-state index in [0.29, 0.717) is 0 Å². The van der Waals surface area contributed by atoms with E-state index in [4.69, 9.17) is 0 Å². The van der Waals surface area contributed by atoms with E-state index in [0.717, 1.165) is 18.7 Å². The van der Waals surface area contributed by atoms with Gasteiger partial charge in [-0.2, -0.15) is 5.10 Å². The molecular weight excluding hydrogens is 216 g/mol. The van der Waals surface area contributed by atoms with Gasteiger partial charge in [0.2, 0.25) is 5.91 Å². The summed E-state index contributed by atoms with van der Waals surface area (Å²) in [5, 5.41) is 4.22. The van der Waals surface area contributed by atoms with Gasteiger partial charge in [0.25, 0.3) is 0 Å². The molecule has 1 heterocycles. The first kappa shape index (κ1) is 13.7. The summed E-state index contributed by atoms with van der Waals surface area (Å²) >= 11 is 0. The number of hydrogen-bond donors (Lipinski definition) is 0. The van der Waals surface area contributed by atoms with Gasteiger partial charge >= 0.3 is 0 Å². The molecular formula is C12H22N4O. The zero-order valence-corrected chi connectivity index (χ0v) is 11.3. The van der Waals surface area contributed by atoms with Crippen LogP contribution in [0.1, 0.15) is 19.4 Å². The van der Waals surface area contributed by atoms with Gasteiger partial charge in [0.15, 0.2) is 0 Å². The summed E-state index contributed by atoms with van der Waals surface area (Å²) in [4.78, 5) is 15.4. The second kappa shape index (κ2) is 5.82. The Morgan fingerprint density at radius 3 is 2.59 bits per heavy atom. The molecule has 96 valence electrons. The van der Waals surface area contributed by atoms with Crippen molar-refractivity contribution in [2.24, 2.45) is 0 Å². The molecule has 1 aromatic rings. The normalized spacial score (nSPS) is 12.8. The van der Waals surface area contributed by atoms with Crippen LogP contribution in [-0.4, -0.2) is 52.7 Å². The number of amides is 1. The van der Waals surface area contributed by atoms with Gasteiger partial charge in [0.05, 0.1) is 12.2 Å². The van der Waals surface area contributed by atoms with E-state index in [-0.39, 0.29) is 11.9 Å². The Morgan fingerprint density at radius 1 is 1.47 bits per heavy atom. The Morgan fingerprint density at radius 2 is 2.12 bits per heavy atom. The molecule has 17 heavy (non-hydrogen) atoms. The van der Waals surface area contributed by atoms with Crippen LogP contribution < -0.4 is 0 Å². The highest BCUT2D eigenvalue weighted by Gasteiger charge is 2.19. The summed E-state index contributed by atoms with van der Waals surface area (Å²) in [6.45, 7) is 5.59. The summed E-state index contributed by atoms with van der Waals surface area (Å²) in [5.74, 6) is 0.121. The molecule has 1 atom stereocenters. The predicted octanol–water partition coefficient (Wildman–Crippen LogP) is 0.811. The topological polar surface area (TPSA) is 41.4 Å². The fourth-order valence-electron chi connectivity index (χ4n) is 1.65. The van der Waals surface area contributed by atoms with Crippen LogP contribution in [0, 0.1) is 0 Å². The van der Waals surface area contributed by atoms with Crippen molar-refractivity contribution in [1.82, 2.24) is 19.6 Å². The average molecular weight is 238 g/mol. The third-order valence-electron chi connectivity index (χ3n) is 2.90. The van der Waals surface area contributed by atoms with Crippen LogP contribution in [0.4, 0.5) is 0 Å². The maximum Gasteiger partial charge on any atom is 0.239 e. The molecule has 0 aliphatic rings. The highest BCUT2D eigenvalue weighted by molar-refractivity contribution is 5.80. The van der Waals surface area contributed by atoms with Gasteiger partial charge in [-0.05, 0) is 20.9 Å². The molecule has 5 nitrogen and oxygen atoms in total. The van der Waals surface area contributed by atoms with Crippen molar-refractivity contribution in [3.63, 3.8) is 0 Å². The molecule has 0 aliphatic heterocycles. The monoisotopic (exact) mass is 238 g/mol. The lowest BCUT2D eigenvalue weighted by molar-refractivity contribution is -0.133. The number of likely N-dealkylation sites (N-methyl/N-ethyl adjacent to an activating group) is 2. The van der Waals surface area contributed by atoms with Crippen LogP contribution >= 0.6 is 0 Å². The number of aromatic nitrogens is 2. The molecule has 0 N–H and O–H groups in total. The number of aryl methyl sites for hydroxylation is 1. The number of carbonyl (C=O) groups excluding carboxylic acids is 1. The van der Waals surface area contributed by atoms with Crippen molar-refractivity contribution >= 4 is 5.91 Å². The summed E-state index contributed by atoms with van der Waals surface area (Å²) in [5.41, 5.74) is 1.13. The first-order valence-electron chi connectivity index (χ1n) is 5.88. The molecule has 0 fully saturated rings. The highest BCUT2D eigenvalue weighted by atomic mass is 16.2. The van der Waals surface area contributed by atoms with E-state index in [2.05, 4.69) is 12.0 Å². The lowest BCUT2D eigenvalue weighted by atomic mass is 10.2. The van der Waals surface area contributed by atoms with Crippen molar-refractivity contribution < 1.29 is 4.79 Å². The molecule has 0 unspecified atom stereocenters. The third kappa shape index (κ3) is 3.56. The van der Waals surface area contributed by atoms with Crippen LogP contribution in [0.2, 0.25) is 0 Å². The number of rotatable bonds is 5. The minimum Gasteiger partial charge on any atom is -0.347 e. The van der Waals surface area contributed by atoms with Gasteiger partial charge in [-0.15, -0.1) is 0 Å². The van der Waals surface area contributed by atoms with Crippen LogP contribution in [-0.2, 0) is 17.9 Å². The standard InChI is InChI=1S/C12H22N4O/c1-6-16-9-11(7-13-16)8-15(5)10(2)12(17)14(3)4/h7,9-10H,6,8H2,1-5H3/t10-/m0/s1. The number of carbonyl (C=O) groups is 1. The van der Waals surface area contributed by atoms with E-state index in [1.807, 2.05) is 35.9 Å². The van der Waals surface area contributed by atoms with Crippen molar-refractivity contribution in [2.45, 2.75) is 33.0 Å². The van der Waals surface area contributed by atoms with E-state index in [1.165, 1.54) is 0 Å². The Labute approximate surface area is 103 Å². The fourth-order valence-corrected chi connectivity index (χ4v) is 1.65. The van der Waals surface area contributed by atoms with Crippen molar-refractivity contribution in [1.29, 1.82) is 0 Å². The largest absolute Gasteiger partial charge is 0.347 e. The van der Waals surface area contributed by atoms with Crippen molar-refractivity contribution in [2.75, 3.05) is 21.1 Å². The molecule has 1 rings (SSSR count). The Kier molecular flexibility index (Phi) is 4.69. The van der Waals surface area contributed by atoms with Crippen LogP contribution in [0.25, 0.3) is 0 Å². The summed E-state index contributed by atoms with van der Waals surface area (Å²) in [6, 6.07) is -0.116. The second-order valence-corrected chi connectivity index (χ2v) is 4.53. The molecule has 0 spiro atoms. The predicted molar refractivity (Wildman–Crippen MR) is 67.5 cm³/mol. The SMILES string of the molecule is CCn1cc(CN(C)[C@@H](C)C(=O)N(C)C)cn1. The summed E-state index contributed by atoms with van der Waals surface area (Å²) in [7, 11) is 5.51. The third-order valence-corrected chi connectivity index (χ3v) is 2.90. The first-order valence-corrected chi connectivity index (χ1v) is 5.88. The number of hydrogen-bond acceptors (Lipinski definition) is 3. The fraction of sp³-hybridized carbons (Fsp3) is 0.667. The van der Waals surface area contributed by atoms with Crippen LogP contribution in [0.3, 0.4) is 0 Å². The highest BCUT2D eigenvalue weighted by Crippen LogP contribution is 2.07. The molecule has 5 heteroatoms. The van der Waals surface area contributed by atoms with Crippen molar-refractivity contribution in [3.8, 4) is 0 Å². The van der Waals surface area contributed by atoms with Crippen LogP contribution in [0.15, 0.2) is 12.4 Å². The lowest BCUT2D eigenvalue weighted by Crippen LogP contribution is -2.42. The Balaban J connectivity index is 2.59. The maximum atomic E-state index is 11.8. The molecule has 0 saturated carbocycles. The van der Waals surface area contributed by atoms with E-state index in [1.54, 1.807) is 19.0 Å². The van der Waals surface area contributed by atoms with Gasteiger partial charge in [-0.3, -0.25) is 14.4 Å². The van der Waals surface area contributed by atoms with E-state index >= 15 is 0 Å². The number of nitrogens with zero attached hydrogens (tertiary/aromatic N) is 4. The van der Waals surface area contributed by atoms with Gasteiger partial charge in [-0.1, -0.05) is 0 Å². The van der Waals surface area contributed by atoms with Gasteiger partial charge in [0, 0.05) is 38.9 Å². The summed E-state index contributed by atoms with van der Waals surface area (Å²) < 4.78 is 1.89. The Bertz CT molecular complexity index is 372. The quantitative estimate of drug-likeness (QED) is 0.762. The maximum absolute atomic E-state index is 11.8.